The van der Waals surface area contributed by atoms with Crippen LogP contribution < -0.4 is 15.4 Å². The number of urea groups is 1. The molecular weight excluding hydrogens is 294 g/mol. The second-order valence-corrected chi connectivity index (χ2v) is 6.33. The molecule has 0 aliphatic carbocycles. The third-order valence-corrected chi connectivity index (χ3v) is 4.28. The van der Waals surface area contributed by atoms with Gasteiger partial charge in [0.05, 0.1) is 11.3 Å². The standard InChI is InChI=1S/C9H13N3O5S2/c1-10-19(16,17)5-3-11-9(15)12-7-6(8(13)14)2-4-18-7/h2,4,10H,3,5H2,1H3,(H,13,14)(H2,11,12,15). The summed E-state index contributed by atoms with van der Waals surface area (Å²) in [6.07, 6.45) is 0. The molecule has 0 aliphatic rings. The van der Waals surface area contributed by atoms with E-state index in [-0.39, 0.29) is 22.9 Å². The van der Waals surface area contributed by atoms with Gasteiger partial charge in [0.25, 0.3) is 0 Å². The van der Waals surface area contributed by atoms with E-state index in [1.165, 1.54) is 18.5 Å². The van der Waals surface area contributed by atoms with Crippen molar-refractivity contribution in [2.24, 2.45) is 0 Å². The number of hydrogen-bond donors (Lipinski definition) is 4. The summed E-state index contributed by atoms with van der Waals surface area (Å²) in [5.74, 6) is -1.40. The number of thiophene rings is 1. The predicted octanol–water partition coefficient (Wildman–Crippen LogP) is 0.117. The van der Waals surface area contributed by atoms with E-state index in [1.54, 1.807) is 0 Å². The Balaban J connectivity index is 2.48. The highest BCUT2D eigenvalue weighted by molar-refractivity contribution is 7.89. The number of amides is 2. The lowest BCUT2D eigenvalue weighted by molar-refractivity contribution is 0.0698. The number of carboxylic acids is 1. The summed E-state index contributed by atoms with van der Waals surface area (Å²) in [4.78, 5) is 22.2. The van der Waals surface area contributed by atoms with Gasteiger partial charge in [0.2, 0.25) is 10.0 Å². The first-order valence-electron chi connectivity index (χ1n) is 5.12. The van der Waals surface area contributed by atoms with E-state index in [4.69, 9.17) is 5.11 Å². The van der Waals surface area contributed by atoms with Crippen LogP contribution in [0.1, 0.15) is 10.4 Å². The number of sulfonamides is 1. The SMILES string of the molecule is CNS(=O)(=O)CCNC(=O)Nc1sccc1C(=O)O. The molecule has 4 N–H and O–H groups in total. The zero-order valence-electron chi connectivity index (χ0n) is 9.97. The predicted molar refractivity (Wildman–Crippen MR) is 71.1 cm³/mol. The summed E-state index contributed by atoms with van der Waals surface area (Å²) in [5, 5.41) is 15.2. The van der Waals surface area contributed by atoms with Crippen LogP contribution in [0.4, 0.5) is 9.80 Å². The van der Waals surface area contributed by atoms with Crippen molar-refractivity contribution in [1.29, 1.82) is 0 Å². The lowest BCUT2D eigenvalue weighted by atomic mass is 10.3. The van der Waals surface area contributed by atoms with Crippen LogP contribution in [0.2, 0.25) is 0 Å². The maximum atomic E-state index is 11.4. The Hall–Kier alpha value is -1.65. The van der Waals surface area contributed by atoms with Crippen LogP contribution in [0.25, 0.3) is 0 Å². The summed E-state index contributed by atoms with van der Waals surface area (Å²) in [5.41, 5.74) is -0.0111. The minimum atomic E-state index is -3.38. The number of rotatable bonds is 6. The number of carbonyl (C=O) groups is 2. The maximum Gasteiger partial charge on any atom is 0.338 e. The molecule has 0 saturated carbocycles. The van der Waals surface area contributed by atoms with Gasteiger partial charge in [-0.1, -0.05) is 0 Å². The van der Waals surface area contributed by atoms with Gasteiger partial charge in [-0.2, -0.15) is 0 Å². The quantitative estimate of drug-likeness (QED) is 0.594. The van der Waals surface area contributed by atoms with Crippen LogP contribution in [0.15, 0.2) is 11.4 Å². The van der Waals surface area contributed by atoms with Crippen LogP contribution in [0.5, 0.6) is 0 Å². The van der Waals surface area contributed by atoms with Gasteiger partial charge in [0, 0.05) is 6.54 Å². The zero-order chi connectivity index (χ0) is 14.5. The van der Waals surface area contributed by atoms with Gasteiger partial charge < -0.3 is 10.4 Å². The van der Waals surface area contributed by atoms with E-state index in [9.17, 15) is 18.0 Å². The smallest absolute Gasteiger partial charge is 0.338 e. The molecule has 10 heteroatoms. The Morgan fingerprint density at radius 2 is 2.11 bits per heavy atom. The van der Waals surface area contributed by atoms with E-state index in [0.717, 1.165) is 11.3 Å². The minimum Gasteiger partial charge on any atom is -0.478 e. The van der Waals surface area contributed by atoms with E-state index < -0.39 is 22.0 Å². The second kappa shape index (κ2) is 6.50. The molecule has 0 radical (unpaired) electrons. The molecule has 0 aliphatic heterocycles. The van der Waals surface area contributed by atoms with E-state index in [1.807, 2.05) is 0 Å². The van der Waals surface area contributed by atoms with Crippen molar-refractivity contribution in [3.63, 3.8) is 0 Å². The Labute approximate surface area is 113 Å². The first-order valence-corrected chi connectivity index (χ1v) is 7.66. The van der Waals surface area contributed by atoms with Crippen molar-refractivity contribution >= 4 is 38.4 Å². The molecule has 106 valence electrons. The van der Waals surface area contributed by atoms with Crippen molar-refractivity contribution in [3.8, 4) is 0 Å². The highest BCUT2D eigenvalue weighted by Crippen LogP contribution is 2.22. The van der Waals surface area contributed by atoms with Gasteiger partial charge in [-0.05, 0) is 18.5 Å². The van der Waals surface area contributed by atoms with Gasteiger partial charge in [-0.3, -0.25) is 5.32 Å². The molecule has 0 bridgehead atoms. The number of aromatic carboxylic acids is 1. The van der Waals surface area contributed by atoms with Crippen LogP contribution in [0.3, 0.4) is 0 Å². The van der Waals surface area contributed by atoms with Gasteiger partial charge >= 0.3 is 12.0 Å². The fourth-order valence-corrected chi connectivity index (χ4v) is 2.47. The minimum absolute atomic E-state index is 0.0111. The molecule has 8 nitrogen and oxygen atoms in total. The van der Waals surface area contributed by atoms with Crippen molar-refractivity contribution < 1.29 is 23.1 Å². The lowest BCUT2D eigenvalue weighted by Crippen LogP contribution is -2.35. The van der Waals surface area contributed by atoms with Gasteiger partial charge in [-0.25, -0.2) is 22.7 Å². The van der Waals surface area contributed by atoms with Crippen LogP contribution in [-0.4, -0.2) is 44.9 Å². The Morgan fingerprint density at radius 1 is 1.42 bits per heavy atom. The molecule has 0 unspecified atom stereocenters. The van der Waals surface area contributed by atoms with Gasteiger partial charge in [0.15, 0.2) is 0 Å². The summed E-state index contributed by atoms with van der Waals surface area (Å²) >= 11 is 1.07. The van der Waals surface area contributed by atoms with Crippen molar-refractivity contribution in [3.05, 3.63) is 17.0 Å². The third-order valence-electron chi connectivity index (χ3n) is 2.09. The molecule has 0 aromatic carbocycles. The van der Waals surface area contributed by atoms with Gasteiger partial charge in [-0.15, -0.1) is 11.3 Å². The average Bonchev–Trinajstić information content (AvgIpc) is 2.77. The Kier molecular flexibility index (Phi) is 5.27. The number of carbonyl (C=O) groups excluding carboxylic acids is 1. The van der Waals surface area contributed by atoms with E-state index in [0.29, 0.717) is 0 Å². The molecule has 1 rings (SSSR count). The summed E-state index contributed by atoms with van der Waals surface area (Å²) < 4.78 is 24.3. The molecule has 1 aromatic heterocycles. The van der Waals surface area contributed by atoms with E-state index >= 15 is 0 Å². The number of hydrogen-bond acceptors (Lipinski definition) is 5. The van der Waals surface area contributed by atoms with Crippen LogP contribution >= 0.6 is 11.3 Å². The monoisotopic (exact) mass is 307 g/mol. The summed E-state index contributed by atoms with van der Waals surface area (Å²) in [7, 11) is -2.10. The lowest BCUT2D eigenvalue weighted by Gasteiger charge is -2.07. The van der Waals surface area contributed by atoms with Crippen LogP contribution in [-0.2, 0) is 10.0 Å². The first-order chi connectivity index (χ1) is 8.85. The zero-order valence-corrected chi connectivity index (χ0v) is 11.6. The highest BCUT2D eigenvalue weighted by Gasteiger charge is 2.14. The average molecular weight is 307 g/mol. The van der Waals surface area contributed by atoms with E-state index in [2.05, 4.69) is 15.4 Å². The molecule has 19 heavy (non-hydrogen) atoms. The molecular formula is C9H13N3O5S2. The molecule has 1 heterocycles. The van der Waals surface area contributed by atoms with Crippen molar-refractivity contribution in [1.82, 2.24) is 10.0 Å². The maximum absolute atomic E-state index is 11.4. The molecule has 0 fully saturated rings. The Bertz CT molecular complexity index is 566. The Morgan fingerprint density at radius 3 is 2.68 bits per heavy atom. The number of carboxylic acid groups (broad SMARTS) is 1. The highest BCUT2D eigenvalue weighted by atomic mass is 32.2. The molecule has 1 aromatic rings. The largest absolute Gasteiger partial charge is 0.478 e. The van der Waals surface area contributed by atoms with Crippen molar-refractivity contribution in [2.75, 3.05) is 24.7 Å². The molecule has 0 atom stereocenters. The van der Waals surface area contributed by atoms with Gasteiger partial charge in [0.1, 0.15) is 5.00 Å². The number of nitrogens with one attached hydrogen (secondary N) is 3. The molecule has 2 amide bonds. The first kappa shape index (κ1) is 15.4. The summed E-state index contributed by atoms with van der Waals surface area (Å²) in [6.45, 7) is -0.0806. The van der Waals surface area contributed by atoms with Crippen LogP contribution in [0, 0.1) is 0 Å². The normalized spacial score (nSPS) is 11.0. The fraction of sp³-hybridized carbons (Fsp3) is 0.333. The third kappa shape index (κ3) is 4.85. The van der Waals surface area contributed by atoms with Crippen molar-refractivity contribution in [2.45, 2.75) is 0 Å². The second-order valence-electron chi connectivity index (χ2n) is 3.37. The number of anilines is 1. The molecule has 0 spiro atoms. The topological polar surface area (TPSA) is 125 Å². The molecule has 0 saturated heterocycles. The summed E-state index contributed by atoms with van der Waals surface area (Å²) in [6, 6.07) is 0.713. The fourth-order valence-electron chi connectivity index (χ4n) is 1.12.